The molecular weight excluding hydrogens is 412 g/mol. The Hall–Kier alpha value is -3.72. The zero-order valence-corrected chi connectivity index (χ0v) is 16.8. The molecule has 0 saturated carbocycles. The molecule has 3 aromatic rings. The van der Waals surface area contributed by atoms with Crippen LogP contribution in [0.15, 0.2) is 58.1 Å². The van der Waals surface area contributed by atoms with Crippen molar-refractivity contribution in [2.75, 3.05) is 12.4 Å². The van der Waals surface area contributed by atoms with E-state index in [0.717, 1.165) is 16.4 Å². The number of methoxy groups -OCH3 is 1. The van der Waals surface area contributed by atoms with Crippen LogP contribution in [0.4, 0.5) is 5.69 Å². The van der Waals surface area contributed by atoms with Gasteiger partial charge in [0, 0.05) is 17.6 Å². The minimum Gasteiger partial charge on any atom is -0.464 e. The van der Waals surface area contributed by atoms with Gasteiger partial charge in [0.05, 0.1) is 19.3 Å². The Morgan fingerprint density at radius 1 is 1.13 bits per heavy atom. The number of aromatic nitrogens is 3. The lowest BCUT2D eigenvalue weighted by atomic mass is 10.2. The van der Waals surface area contributed by atoms with Crippen LogP contribution in [0.2, 0.25) is 5.02 Å². The van der Waals surface area contributed by atoms with E-state index in [4.69, 9.17) is 11.6 Å². The van der Waals surface area contributed by atoms with Crippen LogP contribution in [0.3, 0.4) is 0 Å². The van der Waals surface area contributed by atoms with Gasteiger partial charge in [-0.1, -0.05) is 29.8 Å². The molecule has 1 heterocycles. The van der Waals surface area contributed by atoms with Gasteiger partial charge >= 0.3 is 11.7 Å². The second kappa shape index (κ2) is 8.75. The fourth-order valence-corrected chi connectivity index (χ4v) is 2.86. The minimum absolute atomic E-state index is 0.104. The fourth-order valence-electron chi connectivity index (χ4n) is 2.74. The van der Waals surface area contributed by atoms with E-state index >= 15 is 0 Å². The highest BCUT2D eigenvalue weighted by molar-refractivity contribution is 6.30. The predicted octanol–water partition coefficient (Wildman–Crippen LogP) is 1.84. The second-order valence-electron chi connectivity index (χ2n) is 6.28. The molecule has 0 fully saturated rings. The van der Waals surface area contributed by atoms with Gasteiger partial charge in [-0.2, -0.15) is 9.78 Å². The number of esters is 1. The summed E-state index contributed by atoms with van der Waals surface area (Å²) in [6.45, 7) is 1.24. The molecule has 0 spiro atoms. The van der Waals surface area contributed by atoms with Gasteiger partial charge in [0.15, 0.2) is 0 Å². The highest BCUT2D eigenvalue weighted by Crippen LogP contribution is 2.13. The number of benzene rings is 2. The molecule has 0 bridgehead atoms. The molecule has 0 aliphatic carbocycles. The van der Waals surface area contributed by atoms with E-state index in [-0.39, 0.29) is 18.1 Å². The van der Waals surface area contributed by atoms with E-state index in [9.17, 15) is 19.2 Å². The fraction of sp³-hybridized carbons (Fsp3) is 0.150. The molecule has 30 heavy (non-hydrogen) atoms. The number of anilines is 1. The third-order valence-electron chi connectivity index (χ3n) is 4.10. The molecule has 0 aliphatic heterocycles. The molecular formula is C20H17ClN4O5. The Bertz CT molecular complexity index is 1230. The summed E-state index contributed by atoms with van der Waals surface area (Å²) in [7, 11) is 1.11. The average molecular weight is 429 g/mol. The quantitative estimate of drug-likeness (QED) is 0.620. The summed E-state index contributed by atoms with van der Waals surface area (Å²) in [5, 5.41) is 7.01. The van der Waals surface area contributed by atoms with Crippen molar-refractivity contribution in [2.45, 2.75) is 13.5 Å². The molecule has 2 aromatic carbocycles. The number of carbonyl (C=O) groups excluding carboxylic acids is 2. The Kier molecular flexibility index (Phi) is 6.12. The number of nitrogens with zero attached hydrogens (tertiary/aromatic N) is 3. The van der Waals surface area contributed by atoms with Gasteiger partial charge < -0.3 is 10.1 Å². The lowest BCUT2D eigenvalue weighted by Crippen LogP contribution is -2.44. The first-order chi connectivity index (χ1) is 14.3. The molecule has 0 saturated heterocycles. The van der Waals surface area contributed by atoms with Crippen molar-refractivity contribution in [2.24, 2.45) is 0 Å². The summed E-state index contributed by atoms with van der Waals surface area (Å²) in [5.74, 6) is -1.27. The van der Waals surface area contributed by atoms with Crippen molar-refractivity contribution in [3.05, 3.63) is 85.6 Å². The van der Waals surface area contributed by atoms with Crippen molar-refractivity contribution in [1.29, 1.82) is 0 Å². The first kappa shape index (κ1) is 21.0. The molecule has 1 aromatic heterocycles. The van der Waals surface area contributed by atoms with E-state index in [1.807, 2.05) is 0 Å². The molecule has 9 nitrogen and oxygen atoms in total. The van der Waals surface area contributed by atoms with Gasteiger partial charge in [0.1, 0.15) is 0 Å². The van der Waals surface area contributed by atoms with Crippen molar-refractivity contribution in [3.8, 4) is 5.69 Å². The van der Waals surface area contributed by atoms with E-state index in [0.29, 0.717) is 16.3 Å². The van der Waals surface area contributed by atoms with Crippen molar-refractivity contribution in [1.82, 2.24) is 14.3 Å². The minimum atomic E-state index is -0.975. The zero-order chi connectivity index (χ0) is 21.8. The topological polar surface area (TPSA) is 112 Å². The number of hydrogen-bond acceptors (Lipinski definition) is 6. The summed E-state index contributed by atoms with van der Waals surface area (Å²) >= 11 is 5.88. The molecule has 154 valence electrons. The molecule has 1 amide bonds. The van der Waals surface area contributed by atoms with Crippen LogP contribution in [-0.4, -0.2) is 33.3 Å². The van der Waals surface area contributed by atoms with Crippen molar-refractivity contribution >= 4 is 29.2 Å². The standard InChI is InChI=1S/C20H17ClN4O5/c1-12(26)22-15-4-3-5-16(10-15)25-20(29)24(11-13-6-8-14(21)9-7-13)18(27)17(23-25)19(28)30-2/h3-10H,11H2,1-2H3,(H,22,26). The van der Waals surface area contributed by atoms with E-state index in [2.05, 4.69) is 15.2 Å². The van der Waals surface area contributed by atoms with Gasteiger partial charge in [-0.25, -0.2) is 9.59 Å². The number of nitrogens with one attached hydrogen (secondary N) is 1. The monoisotopic (exact) mass is 428 g/mol. The van der Waals surface area contributed by atoms with Gasteiger partial charge in [-0.3, -0.25) is 14.2 Å². The van der Waals surface area contributed by atoms with Gasteiger partial charge in [-0.15, -0.1) is 0 Å². The summed E-state index contributed by atoms with van der Waals surface area (Å²) in [6.07, 6.45) is 0. The number of amides is 1. The number of carbonyl (C=O) groups is 2. The first-order valence-corrected chi connectivity index (χ1v) is 9.13. The summed E-state index contributed by atoms with van der Waals surface area (Å²) in [5.41, 5.74) is -0.890. The van der Waals surface area contributed by atoms with Crippen LogP contribution in [-0.2, 0) is 16.1 Å². The van der Waals surface area contributed by atoms with Gasteiger partial charge in [-0.05, 0) is 35.9 Å². The third kappa shape index (κ3) is 4.47. The first-order valence-electron chi connectivity index (χ1n) is 8.75. The lowest BCUT2D eigenvalue weighted by molar-refractivity contribution is -0.114. The number of ether oxygens (including phenoxy) is 1. The Morgan fingerprint density at radius 2 is 1.83 bits per heavy atom. The second-order valence-corrected chi connectivity index (χ2v) is 6.72. The van der Waals surface area contributed by atoms with Crippen LogP contribution in [0, 0.1) is 0 Å². The highest BCUT2D eigenvalue weighted by atomic mass is 35.5. The number of halogens is 1. The summed E-state index contributed by atoms with van der Waals surface area (Å²) < 4.78 is 6.43. The maximum atomic E-state index is 13.1. The molecule has 0 unspecified atom stereocenters. The lowest BCUT2D eigenvalue weighted by Gasteiger charge is -2.12. The molecule has 0 aliphatic rings. The van der Waals surface area contributed by atoms with Crippen molar-refractivity contribution < 1.29 is 14.3 Å². The number of hydrogen-bond donors (Lipinski definition) is 1. The molecule has 0 atom stereocenters. The zero-order valence-electron chi connectivity index (χ0n) is 16.1. The van der Waals surface area contributed by atoms with E-state index < -0.39 is 22.9 Å². The van der Waals surface area contributed by atoms with E-state index in [1.54, 1.807) is 42.5 Å². The third-order valence-corrected chi connectivity index (χ3v) is 4.36. The average Bonchev–Trinajstić information content (AvgIpc) is 2.72. The van der Waals surface area contributed by atoms with Crippen LogP contribution >= 0.6 is 11.6 Å². The van der Waals surface area contributed by atoms with Crippen LogP contribution in [0.5, 0.6) is 0 Å². The summed E-state index contributed by atoms with van der Waals surface area (Å²) in [6, 6.07) is 12.8. The predicted molar refractivity (Wildman–Crippen MR) is 110 cm³/mol. The Morgan fingerprint density at radius 3 is 2.47 bits per heavy atom. The van der Waals surface area contributed by atoms with Crippen LogP contribution in [0.25, 0.3) is 5.69 Å². The maximum absolute atomic E-state index is 13.1. The smallest absolute Gasteiger partial charge is 0.364 e. The highest BCUT2D eigenvalue weighted by Gasteiger charge is 2.21. The molecule has 10 heteroatoms. The summed E-state index contributed by atoms with van der Waals surface area (Å²) in [4.78, 5) is 49.2. The number of rotatable bonds is 5. The molecule has 3 rings (SSSR count). The van der Waals surface area contributed by atoms with Gasteiger partial charge in [0.25, 0.3) is 5.56 Å². The van der Waals surface area contributed by atoms with Crippen LogP contribution in [0.1, 0.15) is 23.0 Å². The Balaban J connectivity index is 2.19. The van der Waals surface area contributed by atoms with E-state index in [1.165, 1.54) is 13.0 Å². The van der Waals surface area contributed by atoms with Crippen molar-refractivity contribution in [3.63, 3.8) is 0 Å². The Labute approximate surface area is 175 Å². The maximum Gasteiger partial charge on any atom is 0.364 e. The SMILES string of the molecule is COC(=O)c1nn(-c2cccc(NC(C)=O)c2)c(=O)n(Cc2ccc(Cl)cc2)c1=O. The van der Waals surface area contributed by atoms with Crippen LogP contribution < -0.4 is 16.6 Å². The normalized spacial score (nSPS) is 10.5. The van der Waals surface area contributed by atoms with Gasteiger partial charge in [0.2, 0.25) is 11.6 Å². The molecule has 1 N–H and O–H groups in total. The largest absolute Gasteiger partial charge is 0.464 e. The molecule has 0 radical (unpaired) electrons.